The van der Waals surface area contributed by atoms with Gasteiger partial charge in [-0.2, -0.15) is 0 Å². The molecule has 0 N–H and O–H groups in total. The monoisotopic (exact) mass is 481 g/mol. The Kier molecular flexibility index (Phi) is 6.10. The van der Waals surface area contributed by atoms with Gasteiger partial charge in [0.05, 0.1) is 10.1 Å². The third-order valence-corrected chi connectivity index (χ3v) is 9.35. The van der Waals surface area contributed by atoms with Crippen LogP contribution in [0.2, 0.25) is 0 Å². The molecular weight excluding hydrogens is 450 g/mol. The van der Waals surface area contributed by atoms with Crippen molar-refractivity contribution >= 4 is 33.0 Å². The van der Waals surface area contributed by atoms with Crippen LogP contribution < -0.4 is 9.80 Å². The summed E-state index contributed by atoms with van der Waals surface area (Å²) in [6, 6.07) is 15.1. The highest BCUT2D eigenvalue weighted by molar-refractivity contribution is 7.92. The van der Waals surface area contributed by atoms with Crippen LogP contribution in [0.4, 0.5) is 11.4 Å². The van der Waals surface area contributed by atoms with Crippen molar-refractivity contribution in [3.8, 4) is 0 Å². The van der Waals surface area contributed by atoms with Gasteiger partial charge in [-0.1, -0.05) is 18.2 Å². The summed E-state index contributed by atoms with van der Waals surface area (Å²) >= 11 is 0. The number of hydrogen-bond acceptors (Lipinski definition) is 5. The molecule has 2 aromatic carbocycles. The number of carbonyl (C=O) groups excluding carboxylic acids is 2. The van der Waals surface area contributed by atoms with Crippen LogP contribution >= 0.6 is 0 Å². The molecule has 2 heterocycles. The fourth-order valence-corrected chi connectivity index (χ4v) is 6.30. The van der Waals surface area contributed by atoms with E-state index in [9.17, 15) is 18.0 Å². The topological polar surface area (TPSA) is 78.0 Å². The molecule has 2 aliphatic heterocycles. The van der Waals surface area contributed by atoms with Crippen molar-refractivity contribution in [2.45, 2.75) is 42.8 Å². The van der Waals surface area contributed by atoms with E-state index in [2.05, 4.69) is 17.0 Å². The van der Waals surface area contributed by atoms with E-state index in [1.54, 1.807) is 34.9 Å². The maximum atomic E-state index is 13.3. The minimum atomic E-state index is -3.65. The van der Waals surface area contributed by atoms with E-state index < -0.39 is 15.1 Å². The molecule has 180 valence electrons. The molecule has 1 unspecified atom stereocenters. The summed E-state index contributed by atoms with van der Waals surface area (Å²) in [6.45, 7) is 4.87. The molecule has 3 aliphatic rings. The summed E-state index contributed by atoms with van der Waals surface area (Å²) in [5, 5.41) is -0.809. The fourth-order valence-electron chi connectivity index (χ4n) is 4.90. The Morgan fingerprint density at radius 1 is 0.971 bits per heavy atom. The highest BCUT2D eigenvalue weighted by Gasteiger charge is 2.37. The number of sulfone groups is 1. The first kappa shape index (κ1) is 22.9. The second-order valence-electron chi connectivity index (χ2n) is 9.57. The van der Waals surface area contributed by atoms with Gasteiger partial charge in [-0.3, -0.25) is 9.59 Å². The Labute approximate surface area is 201 Å². The predicted octanol–water partition coefficient (Wildman–Crippen LogP) is 2.89. The van der Waals surface area contributed by atoms with Gasteiger partial charge in [-0.25, -0.2) is 8.42 Å². The van der Waals surface area contributed by atoms with E-state index in [-0.39, 0.29) is 29.0 Å². The summed E-state index contributed by atoms with van der Waals surface area (Å²) in [4.78, 5) is 31.4. The Hall–Kier alpha value is -2.87. The molecule has 1 saturated heterocycles. The van der Waals surface area contributed by atoms with Crippen LogP contribution in [0.25, 0.3) is 0 Å². The molecule has 0 radical (unpaired) electrons. The molecular formula is C26H31N3O4S. The van der Waals surface area contributed by atoms with Crippen LogP contribution in [0.15, 0.2) is 53.4 Å². The van der Waals surface area contributed by atoms with Crippen molar-refractivity contribution in [3.63, 3.8) is 0 Å². The zero-order valence-electron chi connectivity index (χ0n) is 19.5. The lowest BCUT2D eigenvalue weighted by molar-refractivity contribution is -0.131. The number of anilines is 2. The van der Waals surface area contributed by atoms with Gasteiger partial charge in [0.1, 0.15) is 0 Å². The van der Waals surface area contributed by atoms with Gasteiger partial charge in [0.25, 0.3) is 0 Å². The number of carbonyl (C=O) groups is 2. The smallest absolute Gasteiger partial charge is 0.230 e. The van der Waals surface area contributed by atoms with E-state index in [4.69, 9.17) is 0 Å². The van der Waals surface area contributed by atoms with Crippen LogP contribution in [-0.2, 0) is 25.8 Å². The molecule has 0 spiro atoms. The fraction of sp³-hybridized carbons (Fsp3) is 0.462. The summed E-state index contributed by atoms with van der Waals surface area (Å²) < 4.78 is 26.5. The summed E-state index contributed by atoms with van der Waals surface area (Å²) in [6.07, 6.45) is 2.53. The molecule has 1 saturated carbocycles. The number of piperazine rings is 1. The van der Waals surface area contributed by atoms with Crippen LogP contribution in [0.1, 0.15) is 31.7 Å². The summed E-state index contributed by atoms with van der Waals surface area (Å²) in [5.74, 6) is 0.168. The van der Waals surface area contributed by atoms with Gasteiger partial charge in [-0.15, -0.1) is 0 Å². The minimum Gasteiger partial charge on any atom is -0.368 e. The molecule has 2 amide bonds. The van der Waals surface area contributed by atoms with E-state index in [1.807, 2.05) is 18.2 Å². The third-order valence-electron chi connectivity index (χ3n) is 7.21. The van der Waals surface area contributed by atoms with Crippen molar-refractivity contribution in [3.05, 3.63) is 54.1 Å². The number of amides is 2. The molecule has 8 heteroatoms. The van der Waals surface area contributed by atoms with Crippen molar-refractivity contribution in [1.82, 2.24) is 4.90 Å². The molecule has 1 aliphatic carbocycles. The predicted molar refractivity (Wildman–Crippen MR) is 132 cm³/mol. The van der Waals surface area contributed by atoms with Crippen molar-refractivity contribution < 1.29 is 18.0 Å². The molecule has 2 aromatic rings. The molecule has 0 aromatic heterocycles. The molecule has 1 atom stereocenters. The summed E-state index contributed by atoms with van der Waals surface area (Å²) in [5.41, 5.74) is 2.86. The van der Waals surface area contributed by atoms with Crippen LogP contribution in [0.5, 0.6) is 0 Å². The second-order valence-corrected chi connectivity index (χ2v) is 11.9. The number of nitrogens with zero attached hydrogens (tertiary/aromatic N) is 3. The average molecular weight is 482 g/mol. The van der Waals surface area contributed by atoms with E-state index in [1.165, 1.54) is 0 Å². The summed E-state index contributed by atoms with van der Waals surface area (Å²) in [7, 11) is -3.65. The van der Waals surface area contributed by atoms with E-state index in [0.29, 0.717) is 26.1 Å². The lowest BCUT2D eigenvalue weighted by atomic mass is 10.2. The molecule has 5 rings (SSSR count). The molecule has 0 bridgehead atoms. The van der Waals surface area contributed by atoms with Crippen LogP contribution in [-0.4, -0.2) is 63.1 Å². The van der Waals surface area contributed by atoms with E-state index >= 15 is 0 Å². The van der Waals surface area contributed by atoms with Gasteiger partial charge in [-0.05, 0) is 62.1 Å². The Bertz CT molecular complexity index is 1190. The second kappa shape index (κ2) is 9.06. The normalized spacial score (nSPS) is 19.1. The van der Waals surface area contributed by atoms with Gasteiger partial charge in [0.2, 0.25) is 11.8 Å². The highest BCUT2D eigenvalue weighted by Crippen LogP contribution is 2.37. The van der Waals surface area contributed by atoms with Gasteiger partial charge in [0.15, 0.2) is 9.84 Å². The third kappa shape index (κ3) is 4.43. The SMILES string of the molecule is CC(CC(=O)N1CCN(c2ccccc2)CC1)S(=O)(=O)c1ccc2c(c1)CCN2C(=O)C1CC1. The van der Waals surface area contributed by atoms with Crippen LogP contribution in [0.3, 0.4) is 0 Å². The van der Waals surface area contributed by atoms with Crippen LogP contribution in [0, 0.1) is 5.92 Å². The number of fused-ring (bicyclic) bond motifs is 1. The first-order valence-corrected chi connectivity index (χ1v) is 13.6. The quantitative estimate of drug-likeness (QED) is 0.634. The van der Waals surface area contributed by atoms with Gasteiger partial charge >= 0.3 is 0 Å². The first-order valence-electron chi connectivity index (χ1n) is 12.1. The highest BCUT2D eigenvalue weighted by atomic mass is 32.2. The lowest BCUT2D eigenvalue weighted by Crippen LogP contribution is -2.49. The Morgan fingerprint density at radius 3 is 2.35 bits per heavy atom. The van der Waals surface area contributed by atoms with Crippen molar-refractivity contribution in [2.75, 3.05) is 42.5 Å². The molecule has 7 nitrogen and oxygen atoms in total. The van der Waals surface area contributed by atoms with Gasteiger partial charge in [0, 0.05) is 56.4 Å². The van der Waals surface area contributed by atoms with Gasteiger partial charge < -0.3 is 14.7 Å². The maximum Gasteiger partial charge on any atom is 0.230 e. The first-order chi connectivity index (χ1) is 16.3. The van der Waals surface area contributed by atoms with Crippen molar-refractivity contribution in [2.24, 2.45) is 5.92 Å². The van der Waals surface area contributed by atoms with E-state index in [0.717, 1.165) is 42.9 Å². The van der Waals surface area contributed by atoms with Crippen molar-refractivity contribution in [1.29, 1.82) is 0 Å². The number of rotatable bonds is 6. The number of benzene rings is 2. The Morgan fingerprint density at radius 2 is 1.68 bits per heavy atom. The Balaban J connectivity index is 1.21. The lowest BCUT2D eigenvalue weighted by Gasteiger charge is -2.36. The average Bonchev–Trinajstić information content (AvgIpc) is 3.63. The zero-order valence-corrected chi connectivity index (χ0v) is 20.3. The minimum absolute atomic E-state index is 0.0307. The number of hydrogen-bond donors (Lipinski definition) is 0. The number of para-hydroxylation sites is 1. The standard InChI is InChI=1S/C26H31N3O4S/c1-19(17-25(30)28-15-13-27(14-16-28)22-5-3-2-4-6-22)34(32,33)23-9-10-24-21(18-23)11-12-29(24)26(31)20-7-8-20/h2-6,9-10,18-20H,7-8,11-17H2,1H3. The maximum absolute atomic E-state index is 13.3. The zero-order chi connectivity index (χ0) is 23.9. The largest absolute Gasteiger partial charge is 0.368 e. The molecule has 2 fully saturated rings. The molecule has 34 heavy (non-hydrogen) atoms.